The van der Waals surface area contributed by atoms with Gasteiger partial charge >= 0.3 is 0 Å². The fourth-order valence-corrected chi connectivity index (χ4v) is 2.26. The Balaban J connectivity index is 1.76. The first-order chi connectivity index (χ1) is 10.2. The molecule has 1 N–H and O–H groups in total. The molecule has 1 unspecified atom stereocenters. The summed E-state index contributed by atoms with van der Waals surface area (Å²) in [7, 11) is 0. The number of aryl methyl sites for hydroxylation is 1. The zero-order valence-electron chi connectivity index (χ0n) is 12.0. The van der Waals surface area contributed by atoms with Crippen molar-refractivity contribution in [2.45, 2.75) is 26.3 Å². The molecule has 0 saturated heterocycles. The van der Waals surface area contributed by atoms with Crippen LogP contribution in [0.1, 0.15) is 18.2 Å². The van der Waals surface area contributed by atoms with Crippen LogP contribution < -0.4 is 5.32 Å². The lowest BCUT2D eigenvalue weighted by Gasteiger charge is -2.16. The van der Waals surface area contributed by atoms with Crippen molar-refractivity contribution in [2.24, 2.45) is 0 Å². The third-order valence-electron chi connectivity index (χ3n) is 3.33. The summed E-state index contributed by atoms with van der Waals surface area (Å²) in [4.78, 5) is 0. The predicted octanol–water partition coefficient (Wildman–Crippen LogP) is 3.68. The minimum absolute atomic E-state index is 0.257. The van der Waals surface area contributed by atoms with Gasteiger partial charge < -0.3 is 14.2 Å². The molecule has 3 aromatic rings. The van der Waals surface area contributed by atoms with Crippen LogP contribution in [0.25, 0.3) is 11.5 Å². The molecular formula is C16H17N3O2. The molecule has 0 amide bonds. The van der Waals surface area contributed by atoms with E-state index in [4.69, 9.17) is 8.83 Å². The van der Waals surface area contributed by atoms with Gasteiger partial charge in [-0.2, -0.15) is 0 Å². The van der Waals surface area contributed by atoms with E-state index in [-0.39, 0.29) is 6.04 Å². The molecule has 1 atom stereocenters. The zero-order chi connectivity index (χ0) is 14.7. The SMILES string of the molecule is Cc1ccc(-c2nnco2)cc1NC(C)Cc1ccco1. The van der Waals surface area contributed by atoms with Crippen molar-refractivity contribution in [2.75, 3.05) is 5.32 Å². The number of aromatic nitrogens is 2. The van der Waals surface area contributed by atoms with Crippen LogP contribution in [0.4, 0.5) is 5.69 Å². The second-order valence-corrected chi connectivity index (χ2v) is 5.10. The molecule has 0 fully saturated rings. The number of anilines is 1. The molecule has 21 heavy (non-hydrogen) atoms. The summed E-state index contributed by atoms with van der Waals surface area (Å²) in [5.41, 5.74) is 3.14. The zero-order valence-corrected chi connectivity index (χ0v) is 12.0. The fourth-order valence-electron chi connectivity index (χ4n) is 2.26. The van der Waals surface area contributed by atoms with E-state index in [9.17, 15) is 0 Å². The maximum atomic E-state index is 5.38. The van der Waals surface area contributed by atoms with Gasteiger partial charge in [-0.05, 0) is 43.7 Å². The van der Waals surface area contributed by atoms with Crippen molar-refractivity contribution in [1.29, 1.82) is 0 Å². The fraction of sp³-hybridized carbons (Fsp3) is 0.250. The van der Waals surface area contributed by atoms with Crippen LogP contribution in [0, 0.1) is 6.92 Å². The molecule has 0 saturated carbocycles. The van der Waals surface area contributed by atoms with Crippen LogP contribution in [-0.2, 0) is 6.42 Å². The van der Waals surface area contributed by atoms with E-state index in [1.807, 2.05) is 30.3 Å². The smallest absolute Gasteiger partial charge is 0.247 e. The molecule has 0 aliphatic rings. The first kappa shape index (κ1) is 13.4. The summed E-state index contributed by atoms with van der Waals surface area (Å²) in [5.74, 6) is 1.50. The molecule has 0 bridgehead atoms. The lowest BCUT2D eigenvalue weighted by atomic mass is 10.1. The van der Waals surface area contributed by atoms with E-state index >= 15 is 0 Å². The number of nitrogens with zero attached hydrogens (tertiary/aromatic N) is 2. The number of benzene rings is 1. The molecule has 0 spiro atoms. The summed E-state index contributed by atoms with van der Waals surface area (Å²) in [6.07, 6.45) is 3.86. The quantitative estimate of drug-likeness (QED) is 0.773. The topological polar surface area (TPSA) is 64.1 Å². The van der Waals surface area contributed by atoms with Crippen molar-refractivity contribution in [1.82, 2.24) is 10.2 Å². The normalized spacial score (nSPS) is 12.3. The molecule has 3 rings (SSSR count). The monoisotopic (exact) mass is 283 g/mol. The van der Waals surface area contributed by atoms with Crippen LogP contribution in [0.3, 0.4) is 0 Å². The molecule has 5 nitrogen and oxygen atoms in total. The van der Waals surface area contributed by atoms with Gasteiger partial charge in [-0.3, -0.25) is 0 Å². The maximum absolute atomic E-state index is 5.38. The van der Waals surface area contributed by atoms with Gasteiger partial charge in [-0.25, -0.2) is 0 Å². The van der Waals surface area contributed by atoms with Gasteiger partial charge in [0.25, 0.3) is 0 Å². The number of nitrogens with one attached hydrogen (secondary N) is 1. The highest BCUT2D eigenvalue weighted by molar-refractivity contribution is 5.64. The van der Waals surface area contributed by atoms with Gasteiger partial charge in [0.05, 0.1) is 6.26 Å². The van der Waals surface area contributed by atoms with Gasteiger partial charge in [0, 0.05) is 23.7 Å². The maximum Gasteiger partial charge on any atom is 0.247 e. The van der Waals surface area contributed by atoms with Gasteiger partial charge in [0.15, 0.2) is 0 Å². The average Bonchev–Trinajstić information content (AvgIpc) is 3.14. The second kappa shape index (κ2) is 5.83. The van der Waals surface area contributed by atoms with E-state index in [1.54, 1.807) is 6.26 Å². The number of hydrogen-bond acceptors (Lipinski definition) is 5. The summed E-state index contributed by atoms with van der Waals surface area (Å²) >= 11 is 0. The Bertz CT molecular complexity index is 690. The molecule has 2 heterocycles. The molecule has 108 valence electrons. The Hall–Kier alpha value is -2.56. The number of hydrogen-bond donors (Lipinski definition) is 1. The summed E-state index contributed by atoms with van der Waals surface area (Å²) in [6, 6.07) is 10.2. The molecule has 5 heteroatoms. The Morgan fingerprint density at radius 2 is 2.14 bits per heavy atom. The average molecular weight is 283 g/mol. The highest BCUT2D eigenvalue weighted by Crippen LogP contribution is 2.24. The van der Waals surface area contributed by atoms with Crippen LogP contribution in [-0.4, -0.2) is 16.2 Å². The molecule has 0 aliphatic heterocycles. The third-order valence-corrected chi connectivity index (χ3v) is 3.33. The van der Waals surface area contributed by atoms with Gasteiger partial charge in [-0.1, -0.05) is 6.07 Å². The Kier molecular flexibility index (Phi) is 3.73. The van der Waals surface area contributed by atoms with Crippen molar-refractivity contribution in [3.05, 3.63) is 54.3 Å². The predicted molar refractivity (Wildman–Crippen MR) is 80.0 cm³/mol. The Morgan fingerprint density at radius 1 is 1.24 bits per heavy atom. The van der Waals surface area contributed by atoms with Crippen LogP contribution in [0.15, 0.2) is 51.8 Å². The first-order valence-corrected chi connectivity index (χ1v) is 6.88. The minimum atomic E-state index is 0.257. The number of furan rings is 1. The number of rotatable bonds is 5. The van der Waals surface area contributed by atoms with Crippen LogP contribution >= 0.6 is 0 Å². The van der Waals surface area contributed by atoms with Crippen LogP contribution in [0.5, 0.6) is 0 Å². The standard InChI is InChI=1S/C16H17N3O2/c1-11-5-6-13(16-19-17-10-21-16)9-15(11)18-12(2)8-14-4-3-7-20-14/h3-7,9-10,12,18H,8H2,1-2H3. The van der Waals surface area contributed by atoms with Gasteiger partial charge in [-0.15, -0.1) is 10.2 Å². The third kappa shape index (κ3) is 3.13. The van der Waals surface area contributed by atoms with E-state index in [2.05, 4.69) is 29.4 Å². The summed E-state index contributed by atoms with van der Waals surface area (Å²) in [5, 5.41) is 11.2. The highest BCUT2D eigenvalue weighted by Gasteiger charge is 2.10. The van der Waals surface area contributed by atoms with Gasteiger partial charge in [0.2, 0.25) is 12.3 Å². The van der Waals surface area contributed by atoms with E-state index in [0.717, 1.165) is 23.4 Å². The minimum Gasteiger partial charge on any atom is -0.469 e. The van der Waals surface area contributed by atoms with E-state index in [0.29, 0.717) is 5.89 Å². The molecule has 2 aromatic heterocycles. The molecule has 0 aliphatic carbocycles. The molecule has 0 radical (unpaired) electrons. The summed E-state index contributed by atoms with van der Waals surface area (Å²) < 4.78 is 10.6. The highest BCUT2D eigenvalue weighted by atomic mass is 16.4. The Labute approximate surface area is 123 Å². The lowest BCUT2D eigenvalue weighted by Crippen LogP contribution is -2.18. The molecular weight excluding hydrogens is 266 g/mol. The largest absolute Gasteiger partial charge is 0.469 e. The van der Waals surface area contributed by atoms with Crippen molar-refractivity contribution in [3.63, 3.8) is 0 Å². The van der Waals surface area contributed by atoms with Crippen molar-refractivity contribution < 1.29 is 8.83 Å². The van der Waals surface area contributed by atoms with E-state index in [1.165, 1.54) is 12.0 Å². The van der Waals surface area contributed by atoms with Crippen LogP contribution in [0.2, 0.25) is 0 Å². The summed E-state index contributed by atoms with van der Waals surface area (Å²) in [6.45, 7) is 4.20. The van der Waals surface area contributed by atoms with Crippen molar-refractivity contribution in [3.8, 4) is 11.5 Å². The Morgan fingerprint density at radius 3 is 2.86 bits per heavy atom. The van der Waals surface area contributed by atoms with Gasteiger partial charge in [0.1, 0.15) is 5.76 Å². The lowest BCUT2D eigenvalue weighted by molar-refractivity contribution is 0.497. The second-order valence-electron chi connectivity index (χ2n) is 5.10. The van der Waals surface area contributed by atoms with Crippen molar-refractivity contribution >= 4 is 5.69 Å². The van der Waals surface area contributed by atoms with E-state index < -0.39 is 0 Å². The molecule has 1 aromatic carbocycles. The first-order valence-electron chi connectivity index (χ1n) is 6.88.